The number of hydrogen-bond acceptors (Lipinski definition) is 3. The number of benzene rings is 1. The maximum atomic E-state index is 12.3. The van der Waals surface area contributed by atoms with E-state index in [0.29, 0.717) is 0 Å². The SMILES string of the molecule is O=C(Nc1cccnc1)N1CCN(Cc2ccc(Br)cc2Br)CC1. The molecule has 1 aliphatic rings. The van der Waals surface area contributed by atoms with Crippen molar-refractivity contribution in [1.29, 1.82) is 0 Å². The van der Waals surface area contributed by atoms with E-state index in [1.54, 1.807) is 12.4 Å². The molecule has 0 atom stereocenters. The molecule has 24 heavy (non-hydrogen) atoms. The van der Waals surface area contributed by atoms with Gasteiger partial charge >= 0.3 is 6.03 Å². The molecule has 2 aromatic rings. The molecule has 1 aromatic heterocycles. The normalized spacial score (nSPS) is 15.3. The highest BCUT2D eigenvalue weighted by atomic mass is 79.9. The van der Waals surface area contributed by atoms with Crippen LogP contribution in [0.15, 0.2) is 51.7 Å². The van der Waals surface area contributed by atoms with Gasteiger partial charge in [0, 0.05) is 47.9 Å². The van der Waals surface area contributed by atoms with E-state index >= 15 is 0 Å². The molecule has 3 rings (SSSR count). The molecular weight excluding hydrogens is 436 g/mol. The van der Waals surface area contributed by atoms with Crippen LogP contribution in [0.5, 0.6) is 0 Å². The molecule has 0 saturated carbocycles. The summed E-state index contributed by atoms with van der Waals surface area (Å²) in [5, 5.41) is 2.88. The van der Waals surface area contributed by atoms with Crippen molar-refractivity contribution in [3.8, 4) is 0 Å². The average Bonchev–Trinajstić information content (AvgIpc) is 2.59. The van der Waals surface area contributed by atoms with Crippen LogP contribution in [-0.4, -0.2) is 47.0 Å². The zero-order chi connectivity index (χ0) is 16.9. The Morgan fingerprint density at radius 2 is 1.96 bits per heavy atom. The number of rotatable bonds is 3. The van der Waals surface area contributed by atoms with Crippen LogP contribution >= 0.6 is 31.9 Å². The lowest BCUT2D eigenvalue weighted by atomic mass is 10.2. The van der Waals surface area contributed by atoms with Crippen LogP contribution in [0.1, 0.15) is 5.56 Å². The number of carbonyl (C=O) groups is 1. The number of carbonyl (C=O) groups excluding carboxylic acids is 1. The zero-order valence-electron chi connectivity index (χ0n) is 13.1. The van der Waals surface area contributed by atoms with Gasteiger partial charge in [0.1, 0.15) is 0 Å². The second-order valence-electron chi connectivity index (χ2n) is 5.67. The van der Waals surface area contributed by atoms with E-state index in [-0.39, 0.29) is 6.03 Å². The molecule has 126 valence electrons. The summed E-state index contributed by atoms with van der Waals surface area (Å²) in [7, 11) is 0. The number of amides is 2. The van der Waals surface area contributed by atoms with Gasteiger partial charge in [0.2, 0.25) is 0 Å². The highest BCUT2D eigenvalue weighted by Crippen LogP contribution is 2.23. The van der Waals surface area contributed by atoms with Crippen molar-refractivity contribution < 1.29 is 4.79 Å². The highest BCUT2D eigenvalue weighted by Gasteiger charge is 2.21. The van der Waals surface area contributed by atoms with Gasteiger partial charge in [-0.2, -0.15) is 0 Å². The molecular formula is C17H18Br2N4O. The molecule has 0 unspecified atom stereocenters. The number of halogens is 2. The van der Waals surface area contributed by atoms with Gasteiger partial charge < -0.3 is 10.2 Å². The minimum absolute atomic E-state index is 0.0625. The standard InChI is InChI=1S/C17H18Br2N4O/c18-14-4-3-13(16(19)10-14)12-22-6-8-23(9-7-22)17(24)21-15-2-1-5-20-11-15/h1-5,10-11H,6-9,12H2,(H,21,24). The predicted octanol–water partition coefficient (Wildman–Crippen LogP) is 3.96. The summed E-state index contributed by atoms with van der Waals surface area (Å²) in [6, 6.07) is 9.82. The van der Waals surface area contributed by atoms with E-state index in [2.05, 4.69) is 65.3 Å². The Bertz CT molecular complexity index is 703. The third-order valence-corrected chi connectivity index (χ3v) is 5.21. The van der Waals surface area contributed by atoms with Gasteiger partial charge in [-0.25, -0.2) is 4.79 Å². The zero-order valence-corrected chi connectivity index (χ0v) is 16.3. The third kappa shape index (κ3) is 4.55. The number of hydrogen-bond donors (Lipinski definition) is 1. The van der Waals surface area contributed by atoms with Gasteiger partial charge in [0.25, 0.3) is 0 Å². The first kappa shape index (κ1) is 17.4. The fourth-order valence-electron chi connectivity index (χ4n) is 2.64. The Morgan fingerprint density at radius 3 is 2.62 bits per heavy atom. The number of nitrogens with one attached hydrogen (secondary N) is 1. The van der Waals surface area contributed by atoms with Gasteiger partial charge in [-0.3, -0.25) is 9.88 Å². The minimum Gasteiger partial charge on any atom is -0.322 e. The summed E-state index contributed by atoms with van der Waals surface area (Å²) in [5.74, 6) is 0. The summed E-state index contributed by atoms with van der Waals surface area (Å²) in [4.78, 5) is 20.5. The van der Waals surface area contributed by atoms with Crippen molar-refractivity contribution in [2.75, 3.05) is 31.5 Å². The van der Waals surface area contributed by atoms with Crippen LogP contribution in [0.2, 0.25) is 0 Å². The summed E-state index contributed by atoms with van der Waals surface area (Å²) in [5.41, 5.74) is 1.98. The Labute approximate surface area is 158 Å². The number of aromatic nitrogens is 1. The molecule has 0 radical (unpaired) electrons. The van der Waals surface area contributed by atoms with Crippen molar-refractivity contribution in [1.82, 2.24) is 14.8 Å². The van der Waals surface area contributed by atoms with Crippen molar-refractivity contribution in [3.63, 3.8) is 0 Å². The lowest BCUT2D eigenvalue weighted by Crippen LogP contribution is -2.49. The maximum absolute atomic E-state index is 12.3. The summed E-state index contributed by atoms with van der Waals surface area (Å²) >= 11 is 7.08. The van der Waals surface area contributed by atoms with Gasteiger partial charge in [0.05, 0.1) is 11.9 Å². The lowest BCUT2D eigenvalue weighted by Gasteiger charge is -2.34. The number of anilines is 1. The van der Waals surface area contributed by atoms with Crippen LogP contribution in [0, 0.1) is 0 Å². The van der Waals surface area contributed by atoms with E-state index in [4.69, 9.17) is 0 Å². The fraction of sp³-hybridized carbons (Fsp3) is 0.294. The first-order chi connectivity index (χ1) is 11.6. The molecule has 5 nitrogen and oxygen atoms in total. The maximum Gasteiger partial charge on any atom is 0.321 e. The summed E-state index contributed by atoms with van der Waals surface area (Å²) < 4.78 is 2.17. The first-order valence-corrected chi connectivity index (χ1v) is 9.32. The van der Waals surface area contributed by atoms with E-state index in [1.165, 1.54) is 5.56 Å². The number of nitrogens with zero attached hydrogens (tertiary/aromatic N) is 3. The summed E-state index contributed by atoms with van der Waals surface area (Å²) in [6.07, 6.45) is 3.34. The van der Waals surface area contributed by atoms with Gasteiger partial charge in [0.15, 0.2) is 0 Å². The fourth-order valence-corrected chi connectivity index (χ4v) is 3.81. The molecule has 7 heteroatoms. The first-order valence-electron chi connectivity index (χ1n) is 7.74. The lowest BCUT2D eigenvalue weighted by molar-refractivity contribution is 0.143. The molecule has 1 N–H and O–H groups in total. The molecule has 2 heterocycles. The van der Waals surface area contributed by atoms with Crippen LogP contribution in [0.4, 0.5) is 10.5 Å². The Hall–Kier alpha value is -1.44. The largest absolute Gasteiger partial charge is 0.322 e. The monoisotopic (exact) mass is 452 g/mol. The van der Waals surface area contributed by atoms with Gasteiger partial charge in [-0.05, 0) is 29.8 Å². The van der Waals surface area contributed by atoms with Crippen molar-refractivity contribution in [2.45, 2.75) is 6.54 Å². The third-order valence-electron chi connectivity index (χ3n) is 3.98. The van der Waals surface area contributed by atoms with E-state index in [9.17, 15) is 4.79 Å². The predicted molar refractivity (Wildman–Crippen MR) is 102 cm³/mol. The molecule has 0 spiro atoms. The Balaban J connectivity index is 1.51. The molecule has 1 aliphatic heterocycles. The highest BCUT2D eigenvalue weighted by molar-refractivity contribution is 9.11. The van der Waals surface area contributed by atoms with Gasteiger partial charge in [-0.1, -0.05) is 37.9 Å². The summed E-state index contributed by atoms with van der Waals surface area (Å²) in [6.45, 7) is 4.05. The van der Waals surface area contributed by atoms with Crippen LogP contribution in [-0.2, 0) is 6.54 Å². The van der Waals surface area contributed by atoms with Crippen molar-refractivity contribution >= 4 is 43.6 Å². The number of piperazine rings is 1. The van der Waals surface area contributed by atoms with E-state index in [1.807, 2.05) is 17.0 Å². The molecule has 1 aromatic carbocycles. The van der Waals surface area contributed by atoms with Crippen LogP contribution in [0.25, 0.3) is 0 Å². The number of urea groups is 1. The topological polar surface area (TPSA) is 48.5 Å². The van der Waals surface area contributed by atoms with Crippen molar-refractivity contribution in [2.24, 2.45) is 0 Å². The number of pyridine rings is 1. The Kier molecular flexibility index (Phi) is 5.86. The molecule has 1 fully saturated rings. The molecule has 1 saturated heterocycles. The molecule has 0 bridgehead atoms. The van der Waals surface area contributed by atoms with E-state index in [0.717, 1.165) is 47.4 Å². The van der Waals surface area contributed by atoms with Gasteiger partial charge in [-0.15, -0.1) is 0 Å². The van der Waals surface area contributed by atoms with Crippen LogP contribution in [0.3, 0.4) is 0 Å². The van der Waals surface area contributed by atoms with Crippen LogP contribution < -0.4 is 5.32 Å². The second kappa shape index (κ2) is 8.09. The van der Waals surface area contributed by atoms with E-state index < -0.39 is 0 Å². The molecule has 0 aliphatic carbocycles. The second-order valence-corrected chi connectivity index (χ2v) is 7.44. The average molecular weight is 454 g/mol. The minimum atomic E-state index is -0.0625. The smallest absolute Gasteiger partial charge is 0.321 e. The quantitative estimate of drug-likeness (QED) is 0.765. The molecule has 2 amide bonds. The van der Waals surface area contributed by atoms with Crippen molar-refractivity contribution in [3.05, 3.63) is 57.2 Å². The Morgan fingerprint density at radius 1 is 1.17 bits per heavy atom.